The Hall–Kier alpha value is -3.34. The molecule has 0 radical (unpaired) electrons. The fourth-order valence-corrected chi connectivity index (χ4v) is 2.77. The lowest BCUT2D eigenvalue weighted by atomic mass is 10.1. The predicted molar refractivity (Wildman–Crippen MR) is 92.5 cm³/mol. The minimum Gasteiger partial charge on any atom is -0.454 e. The molecule has 2 aromatic carbocycles. The first-order valence-corrected chi connectivity index (χ1v) is 8.03. The maximum Gasteiger partial charge on any atom is 0.341 e. The third kappa shape index (κ3) is 3.17. The average molecular weight is 333 g/mol. The topological polar surface area (TPSA) is 52.9 Å². The SMILES string of the molecule is O=C(c1ccc2c(c1)OCO2)N(Cc1ccccc1)c1cccc[nH+]1. The molecule has 25 heavy (non-hydrogen) atoms. The molecule has 5 heteroatoms. The molecule has 0 atom stereocenters. The highest BCUT2D eigenvalue weighted by Crippen LogP contribution is 2.33. The van der Waals surface area contributed by atoms with Crippen molar-refractivity contribution in [3.8, 4) is 11.5 Å². The molecule has 0 fully saturated rings. The van der Waals surface area contributed by atoms with Gasteiger partial charge in [0.2, 0.25) is 6.79 Å². The van der Waals surface area contributed by atoms with E-state index in [-0.39, 0.29) is 12.7 Å². The van der Waals surface area contributed by atoms with Gasteiger partial charge >= 0.3 is 5.91 Å². The predicted octanol–water partition coefficient (Wildman–Crippen LogP) is 3.08. The molecule has 1 amide bonds. The summed E-state index contributed by atoms with van der Waals surface area (Å²) in [6.45, 7) is 0.655. The molecular weight excluding hydrogens is 316 g/mol. The molecule has 0 aliphatic carbocycles. The average Bonchev–Trinajstić information content (AvgIpc) is 3.15. The van der Waals surface area contributed by atoms with Gasteiger partial charge in [0.25, 0.3) is 5.82 Å². The smallest absolute Gasteiger partial charge is 0.341 e. The van der Waals surface area contributed by atoms with E-state index in [2.05, 4.69) is 4.98 Å². The quantitative estimate of drug-likeness (QED) is 0.737. The molecule has 0 unspecified atom stereocenters. The van der Waals surface area contributed by atoms with Gasteiger partial charge in [-0.2, -0.15) is 4.90 Å². The van der Waals surface area contributed by atoms with E-state index >= 15 is 0 Å². The highest BCUT2D eigenvalue weighted by atomic mass is 16.7. The van der Waals surface area contributed by atoms with Gasteiger partial charge < -0.3 is 9.47 Å². The number of hydrogen-bond donors (Lipinski definition) is 0. The standard InChI is InChI=1S/C20H16N2O3/c23-20(16-9-10-17-18(12-16)25-14-24-17)22(19-8-4-5-11-21-19)13-15-6-2-1-3-7-15/h1-12H,13-14H2/p+1. The third-order valence-electron chi connectivity index (χ3n) is 4.03. The fourth-order valence-electron chi connectivity index (χ4n) is 2.77. The number of nitrogens with zero attached hydrogens (tertiary/aromatic N) is 1. The van der Waals surface area contributed by atoms with Crippen molar-refractivity contribution in [3.63, 3.8) is 0 Å². The van der Waals surface area contributed by atoms with Crippen LogP contribution in [0.2, 0.25) is 0 Å². The van der Waals surface area contributed by atoms with Crippen molar-refractivity contribution in [2.24, 2.45) is 0 Å². The van der Waals surface area contributed by atoms with Gasteiger partial charge in [0.05, 0.1) is 11.8 Å². The van der Waals surface area contributed by atoms with Crippen molar-refractivity contribution in [3.05, 3.63) is 84.1 Å². The number of carbonyl (C=O) groups excluding carboxylic acids is 1. The molecule has 1 N–H and O–H groups in total. The van der Waals surface area contributed by atoms with Crippen LogP contribution in [-0.4, -0.2) is 12.7 Å². The first-order valence-electron chi connectivity index (χ1n) is 8.03. The van der Waals surface area contributed by atoms with Gasteiger partial charge in [-0.05, 0) is 29.8 Å². The number of anilines is 1. The van der Waals surface area contributed by atoms with E-state index in [0.717, 1.165) is 11.4 Å². The van der Waals surface area contributed by atoms with E-state index in [1.165, 1.54) is 0 Å². The summed E-state index contributed by atoms with van der Waals surface area (Å²) in [6.07, 6.45) is 1.81. The Balaban J connectivity index is 1.68. The largest absolute Gasteiger partial charge is 0.454 e. The van der Waals surface area contributed by atoms with E-state index in [9.17, 15) is 4.79 Å². The second-order valence-corrected chi connectivity index (χ2v) is 5.69. The molecule has 1 aliphatic heterocycles. The molecule has 1 aliphatic rings. The van der Waals surface area contributed by atoms with Crippen LogP contribution >= 0.6 is 0 Å². The summed E-state index contributed by atoms with van der Waals surface area (Å²) in [5, 5.41) is 0. The Morgan fingerprint density at radius 1 is 0.960 bits per heavy atom. The second-order valence-electron chi connectivity index (χ2n) is 5.69. The number of aromatic amines is 1. The van der Waals surface area contributed by atoms with Gasteiger partial charge in [-0.1, -0.05) is 36.4 Å². The monoisotopic (exact) mass is 333 g/mol. The number of benzene rings is 2. The summed E-state index contributed by atoms with van der Waals surface area (Å²) < 4.78 is 10.7. The summed E-state index contributed by atoms with van der Waals surface area (Å²) >= 11 is 0. The number of H-pyrrole nitrogens is 1. The normalized spacial score (nSPS) is 12.0. The molecule has 0 bridgehead atoms. The van der Waals surface area contributed by atoms with E-state index in [0.29, 0.717) is 23.6 Å². The number of nitrogens with one attached hydrogen (secondary N) is 1. The Morgan fingerprint density at radius 3 is 2.56 bits per heavy atom. The minimum absolute atomic E-state index is 0.107. The maximum atomic E-state index is 13.2. The number of amides is 1. The van der Waals surface area contributed by atoms with E-state index < -0.39 is 0 Å². The summed E-state index contributed by atoms with van der Waals surface area (Å²) in [7, 11) is 0. The number of carbonyl (C=O) groups is 1. The number of hydrogen-bond acceptors (Lipinski definition) is 3. The summed E-state index contributed by atoms with van der Waals surface area (Å²) in [5.41, 5.74) is 1.60. The van der Waals surface area contributed by atoms with Crippen LogP contribution in [-0.2, 0) is 6.54 Å². The molecule has 5 nitrogen and oxygen atoms in total. The van der Waals surface area contributed by atoms with E-state index in [1.807, 2.05) is 48.5 Å². The Morgan fingerprint density at radius 2 is 1.76 bits per heavy atom. The summed E-state index contributed by atoms with van der Waals surface area (Å²) in [6, 6.07) is 20.8. The van der Waals surface area contributed by atoms with Gasteiger partial charge in [-0.25, -0.2) is 9.78 Å². The highest BCUT2D eigenvalue weighted by molar-refractivity contribution is 6.05. The second kappa shape index (κ2) is 6.65. The first-order chi connectivity index (χ1) is 12.3. The highest BCUT2D eigenvalue weighted by Gasteiger charge is 2.28. The van der Waals surface area contributed by atoms with Crippen LogP contribution in [0.1, 0.15) is 15.9 Å². The molecule has 3 aromatic rings. The van der Waals surface area contributed by atoms with E-state index in [4.69, 9.17) is 9.47 Å². The van der Waals surface area contributed by atoms with Crippen LogP contribution in [0.25, 0.3) is 0 Å². The lowest BCUT2D eigenvalue weighted by Gasteiger charge is -2.15. The van der Waals surface area contributed by atoms with Crippen molar-refractivity contribution in [1.82, 2.24) is 0 Å². The first kappa shape index (κ1) is 15.2. The summed E-state index contributed by atoms with van der Waals surface area (Å²) in [5.74, 6) is 1.89. The van der Waals surface area contributed by atoms with Crippen molar-refractivity contribution >= 4 is 11.7 Å². The van der Waals surface area contributed by atoms with Crippen molar-refractivity contribution < 1.29 is 19.3 Å². The van der Waals surface area contributed by atoms with Crippen LogP contribution in [0.15, 0.2) is 72.9 Å². The number of rotatable bonds is 4. The molecule has 2 heterocycles. The zero-order valence-electron chi connectivity index (χ0n) is 13.5. The lowest BCUT2D eigenvalue weighted by molar-refractivity contribution is -0.363. The third-order valence-corrected chi connectivity index (χ3v) is 4.03. The fraction of sp³-hybridized carbons (Fsp3) is 0.100. The Bertz CT molecular complexity index is 882. The van der Waals surface area contributed by atoms with Crippen molar-refractivity contribution in [1.29, 1.82) is 0 Å². The van der Waals surface area contributed by atoms with E-state index in [1.54, 1.807) is 29.3 Å². The van der Waals surface area contributed by atoms with Crippen molar-refractivity contribution in [2.45, 2.75) is 6.54 Å². The van der Waals surface area contributed by atoms with Gasteiger partial charge in [0, 0.05) is 6.07 Å². The van der Waals surface area contributed by atoms with Crippen LogP contribution < -0.4 is 19.4 Å². The Kier molecular flexibility index (Phi) is 4.04. The molecular formula is C20H17N2O3+. The lowest BCUT2D eigenvalue weighted by Crippen LogP contribution is -2.34. The van der Waals surface area contributed by atoms with Gasteiger partial charge in [-0.3, -0.25) is 0 Å². The minimum atomic E-state index is -0.107. The number of pyridine rings is 1. The van der Waals surface area contributed by atoms with Crippen LogP contribution in [0.4, 0.5) is 5.82 Å². The van der Waals surface area contributed by atoms with Gasteiger partial charge in [-0.15, -0.1) is 0 Å². The zero-order chi connectivity index (χ0) is 17.1. The summed E-state index contributed by atoms with van der Waals surface area (Å²) in [4.78, 5) is 18.0. The number of fused-ring (bicyclic) bond motifs is 1. The van der Waals surface area contributed by atoms with Crippen LogP contribution in [0, 0.1) is 0 Å². The maximum absolute atomic E-state index is 13.2. The molecule has 0 saturated heterocycles. The van der Waals surface area contributed by atoms with Gasteiger partial charge in [0.1, 0.15) is 6.54 Å². The zero-order valence-corrected chi connectivity index (χ0v) is 13.5. The molecule has 0 spiro atoms. The molecule has 124 valence electrons. The molecule has 0 saturated carbocycles. The number of aromatic nitrogens is 1. The number of ether oxygens (including phenoxy) is 2. The molecule has 1 aromatic heterocycles. The Labute approximate surface area is 145 Å². The molecule has 4 rings (SSSR count). The van der Waals surface area contributed by atoms with Gasteiger partial charge in [0.15, 0.2) is 11.5 Å². The van der Waals surface area contributed by atoms with Crippen molar-refractivity contribution in [2.75, 3.05) is 11.7 Å². The van der Waals surface area contributed by atoms with Crippen LogP contribution in [0.3, 0.4) is 0 Å². The van der Waals surface area contributed by atoms with Crippen LogP contribution in [0.5, 0.6) is 11.5 Å².